The third-order valence-electron chi connectivity index (χ3n) is 3.58. The van der Waals surface area contributed by atoms with Crippen LogP contribution >= 0.6 is 0 Å². The number of hydrogen-bond acceptors (Lipinski definition) is 7. The van der Waals surface area contributed by atoms with Gasteiger partial charge in [-0.05, 0) is 26.0 Å². The standard InChI is InChI=1S/C15H18N4O3/c1-9-14(19-11-6-21-7-12(11)20)17-8-18-15(9)22-13-4-3-5-16-10(13)2/h3-5,8,11-12,20H,6-7H2,1-2H3,(H,17,18,19)/t11-,12-/m0/s1. The molecule has 2 aromatic heterocycles. The normalized spacial score (nSPS) is 20.9. The molecule has 1 aliphatic rings. The summed E-state index contributed by atoms with van der Waals surface area (Å²) in [7, 11) is 0. The lowest BCUT2D eigenvalue weighted by Gasteiger charge is -2.17. The number of pyridine rings is 1. The van der Waals surface area contributed by atoms with Crippen molar-refractivity contribution in [1.82, 2.24) is 15.0 Å². The molecule has 116 valence electrons. The van der Waals surface area contributed by atoms with Crippen molar-refractivity contribution >= 4 is 5.82 Å². The summed E-state index contributed by atoms with van der Waals surface area (Å²) in [5, 5.41) is 13.0. The van der Waals surface area contributed by atoms with Gasteiger partial charge < -0.3 is 19.9 Å². The summed E-state index contributed by atoms with van der Waals surface area (Å²) < 4.78 is 11.1. The van der Waals surface area contributed by atoms with E-state index >= 15 is 0 Å². The highest BCUT2D eigenvalue weighted by atomic mass is 16.5. The molecule has 0 spiro atoms. The Hall–Kier alpha value is -2.25. The fraction of sp³-hybridized carbons (Fsp3) is 0.400. The molecule has 0 bridgehead atoms. The van der Waals surface area contributed by atoms with E-state index in [0.717, 1.165) is 11.3 Å². The summed E-state index contributed by atoms with van der Waals surface area (Å²) >= 11 is 0. The van der Waals surface area contributed by atoms with E-state index in [9.17, 15) is 5.11 Å². The Labute approximate surface area is 128 Å². The molecule has 3 rings (SSSR count). The predicted molar refractivity (Wildman–Crippen MR) is 80.1 cm³/mol. The molecule has 3 heterocycles. The van der Waals surface area contributed by atoms with Gasteiger partial charge in [0.15, 0.2) is 5.75 Å². The number of aromatic nitrogens is 3. The summed E-state index contributed by atoms with van der Waals surface area (Å²) in [5.41, 5.74) is 1.56. The van der Waals surface area contributed by atoms with E-state index in [2.05, 4.69) is 20.3 Å². The first-order chi connectivity index (χ1) is 10.6. The van der Waals surface area contributed by atoms with Gasteiger partial charge in [-0.15, -0.1) is 0 Å². The Bertz CT molecular complexity index is 665. The maximum atomic E-state index is 9.81. The summed E-state index contributed by atoms with van der Waals surface area (Å²) in [4.78, 5) is 12.6. The Kier molecular flexibility index (Phi) is 4.17. The van der Waals surface area contributed by atoms with Gasteiger partial charge in [-0.2, -0.15) is 0 Å². The van der Waals surface area contributed by atoms with E-state index in [0.29, 0.717) is 30.7 Å². The molecule has 0 aliphatic carbocycles. The number of nitrogens with one attached hydrogen (secondary N) is 1. The maximum Gasteiger partial charge on any atom is 0.227 e. The molecule has 0 unspecified atom stereocenters. The minimum absolute atomic E-state index is 0.179. The monoisotopic (exact) mass is 302 g/mol. The Balaban J connectivity index is 1.81. The van der Waals surface area contributed by atoms with Crippen molar-refractivity contribution in [2.45, 2.75) is 26.0 Å². The molecule has 7 nitrogen and oxygen atoms in total. The number of ether oxygens (including phenoxy) is 2. The fourth-order valence-electron chi connectivity index (χ4n) is 2.22. The van der Waals surface area contributed by atoms with Crippen LogP contribution in [-0.4, -0.2) is 45.4 Å². The second kappa shape index (κ2) is 6.25. The number of nitrogens with zero attached hydrogens (tertiary/aromatic N) is 3. The van der Waals surface area contributed by atoms with Crippen LogP contribution < -0.4 is 10.1 Å². The van der Waals surface area contributed by atoms with E-state index in [1.54, 1.807) is 6.20 Å². The SMILES string of the molecule is Cc1ncccc1Oc1ncnc(N[C@H]2COC[C@@H]2O)c1C. The average molecular weight is 302 g/mol. The molecule has 1 saturated heterocycles. The molecule has 0 aromatic carbocycles. The van der Waals surface area contributed by atoms with Crippen LogP contribution in [0.1, 0.15) is 11.3 Å². The summed E-state index contributed by atoms with van der Waals surface area (Å²) in [6.45, 7) is 4.52. The maximum absolute atomic E-state index is 9.81. The minimum atomic E-state index is -0.542. The van der Waals surface area contributed by atoms with Crippen LogP contribution in [0.25, 0.3) is 0 Å². The molecule has 0 radical (unpaired) electrons. The van der Waals surface area contributed by atoms with Crippen LogP contribution in [0.15, 0.2) is 24.7 Å². The first-order valence-corrected chi connectivity index (χ1v) is 7.08. The second-order valence-corrected chi connectivity index (χ2v) is 5.20. The molecule has 2 atom stereocenters. The number of aliphatic hydroxyl groups is 1. The summed E-state index contributed by atoms with van der Waals surface area (Å²) in [6, 6.07) is 3.47. The Morgan fingerprint density at radius 3 is 2.86 bits per heavy atom. The van der Waals surface area contributed by atoms with Crippen LogP contribution in [0.3, 0.4) is 0 Å². The van der Waals surface area contributed by atoms with Crippen LogP contribution in [0.4, 0.5) is 5.82 Å². The largest absolute Gasteiger partial charge is 0.437 e. The smallest absolute Gasteiger partial charge is 0.227 e. The number of aliphatic hydroxyl groups excluding tert-OH is 1. The van der Waals surface area contributed by atoms with Crippen molar-refractivity contribution < 1.29 is 14.6 Å². The van der Waals surface area contributed by atoms with E-state index in [1.807, 2.05) is 26.0 Å². The van der Waals surface area contributed by atoms with Crippen molar-refractivity contribution in [3.05, 3.63) is 35.9 Å². The highest BCUT2D eigenvalue weighted by molar-refractivity contribution is 5.49. The second-order valence-electron chi connectivity index (χ2n) is 5.20. The fourth-order valence-corrected chi connectivity index (χ4v) is 2.22. The highest BCUT2D eigenvalue weighted by Crippen LogP contribution is 2.28. The molecule has 22 heavy (non-hydrogen) atoms. The lowest BCUT2D eigenvalue weighted by Crippen LogP contribution is -2.32. The van der Waals surface area contributed by atoms with Gasteiger partial charge in [-0.25, -0.2) is 9.97 Å². The van der Waals surface area contributed by atoms with Crippen molar-refractivity contribution in [3.8, 4) is 11.6 Å². The van der Waals surface area contributed by atoms with Gasteiger partial charge in [0.1, 0.15) is 12.1 Å². The zero-order chi connectivity index (χ0) is 15.5. The molecule has 0 saturated carbocycles. The zero-order valence-corrected chi connectivity index (χ0v) is 12.5. The first-order valence-electron chi connectivity index (χ1n) is 7.08. The van der Waals surface area contributed by atoms with Crippen molar-refractivity contribution in [3.63, 3.8) is 0 Å². The van der Waals surface area contributed by atoms with Gasteiger partial charge >= 0.3 is 0 Å². The third-order valence-corrected chi connectivity index (χ3v) is 3.58. The molecule has 7 heteroatoms. The average Bonchev–Trinajstić information content (AvgIpc) is 2.91. The summed E-state index contributed by atoms with van der Waals surface area (Å²) in [6.07, 6.45) is 2.60. The van der Waals surface area contributed by atoms with Crippen molar-refractivity contribution in [1.29, 1.82) is 0 Å². The topological polar surface area (TPSA) is 89.4 Å². The lowest BCUT2D eigenvalue weighted by atomic mass is 10.2. The van der Waals surface area contributed by atoms with Gasteiger partial charge in [0.05, 0.1) is 36.6 Å². The molecular weight excluding hydrogens is 284 g/mol. The van der Waals surface area contributed by atoms with Crippen LogP contribution in [-0.2, 0) is 4.74 Å². The van der Waals surface area contributed by atoms with Crippen molar-refractivity contribution in [2.24, 2.45) is 0 Å². The van der Waals surface area contributed by atoms with E-state index in [4.69, 9.17) is 9.47 Å². The molecule has 1 aliphatic heterocycles. The first kappa shape index (κ1) is 14.7. The third kappa shape index (κ3) is 3.00. The Morgan fingerprint density at radius 1 is 1.27 bits per heavy atom. The molecular formula is C15H18N4O3. The van der Waals surface area contributed by atoms with Gasteiger partial charge in [0, 0.05) is 6.20 Å². The number of hydrogen-bond donors (Lipinski definition) is 2. The predicted octanol–water partition coefficient (Wildman–Crippen LogP) is 1.45. The quantitative estimate of drug-likeness (QED) is 0.883. The highest BCUT2D eigenvalue weighted by Gasteiger charge is 2.27. The molecule has 0 amide bonds. The number of rotatable bonds is 4. The lowest BCUT2D eigenvalue weighted by molar-refractivity contribution is 0.125. The van der Waals surface area contributed by atoms with E-state index < -0.39 is 6.10 Å². The van der Waals surface area contributed by atoms with Gasteiger partial charge in [0.25, 0.3) is 0 Å². The van der Waals surface area contributed by atoms with Crippen LogP contribution in [0.2, 0.25) is 0 Å². The molecule has 1 fully saturated rings. The van der Waals surface area contributed by atoms with Crippen LogP contribution in [0.5, 0.6) is 11.6 Å². The number of aryl methyl sites for hydroxylation is 1. The summed E-state index contributed by atoms with van der Waals surface area (Å²) in [5.74, 6) is 1.74. The minimum Gasteiger partial charge on any atom is -0.437 e. The van der Waals surface area contributed by atoms with Gasteiger partial charge in [0.2, 0.25) is 5.88 Å². The molecule has 2 aromatic rings. The Morgan fingerprint density at radius 2 is 2.14 bits per heavy atom. The number of anilines is 1. The van der Waals surface area contributed by atoms with E-state index in [-0.39, 0.29) is 6.04 Å². The van der Waals surface area contributed by atoms with Crippen LogP contribution in [0, 0.1) is 13.8 Å². The zero-order valence-electron chi connectivity index (χ0n) is 12.5. The van der Waals surface area contributed by atoms with Gasteiger partial charge in [-0.1, -0.05) is 0 Å². The van der Waals surface area contributed by atoms with Crippen molar-refractivity contribution in [2.75, 3.05) is 18.5 Å². The van der Waals surface area contributed by atoms with E-state index in [1.165, 1.54) is 6.33 Å². The molecule has 2 N–H and O–H groups in total. The van der Waals surface area contributed by atoms with Gasteiger partial charge in [-0.3, -0.25) is 4.98 Å².